The molecule has 0 saturated heterocycles. The van der Waals surface area contributed by atoms with E-state index in [1.807, 2.05) is 66.9 Å². The van der Waals surface area contributed by atoms with Gasteiger partial charge >= 0.3 is 0 Å². The highest BCUT2D eigenvalue weighted by atomic mass is 16.5. The molecule has 0 aliphatic rings. The third kappa shape index (κ3) is 4.62. The lowest BCUT2D eigenvalue weighted by atomic mass is 10.1. The van der Waals surface area contributed by atoms with Crippen LogP contribution in [0.15, 0.2) is 79.3 Å². The Morgan fingerprint density at radius 1 is 1.00 bits per heavy atom. The molecule has 0 radical (unpaired) electrons. The van der Waals surface area contributed by atoms with Crippen LogP contribution in [0.2, 0.25) is 0 Å². The molecule has 32 heavy (non-hydrogen) atoms. The molecule has 0 fully saturated rings. The van der Waals surface area contributed by atoms with Gasteiger partial charge in [0.2, 0.25) is 0 Å². The lowest BCUT2D eigenvalue weighted by Crippen LogP contribution is -2.26. The summed E-state index contributed by atoms with van der Waals surface area (Å²) in [6.07, 6.45) is 6.07. The predicted molar refractivity (Wildman–Crippen MR) is 122 cm³/mol. The largest absolute Gasteiger partial charge is 0.493 e. The maximum atomic E-state index is 13.1. The Labute approximate surface area is 186 Å². The summed E-state index contributed by atoms with van der Waals surface area (Å²) >= 11 is 0. The lowest BCUT2D eigenvalue weighted by Gasteiger charge is -2.10. The van der Waals surface area contributed by atoms with Gasteiger partial charge in [0.05, 0.1) is 19.9 Å². The molecular weight excluding hydrogens is 404 g/mol. The first-order chi connectivity index (χ1) is 15.7. The van der Waals surface area contributed by atoms with E-state index in [-0.39, 0.29) is 5.91 Å². The molecule has 0 spiro atoms. The number of aromatic nitrogens is 3. The molecule has 1 N–H and O–H groups in total. The van der Waals surface area contributed by atoms with Crippen LogP contribution in [0.25, 0.3) is 16.8 Å². The molecule has 2 aromatic heterocycles. The van der Waals surface area contributed by atoms with Crippen molar-refractivity contribution in [3.05, 3.63) is 90.5 Å². The van der Waals surface area contributed by atoms with Gasteiger partial charge in [-0.2, -0.15) is 5.10 Å². The molecule has 2 aromatic carbocycles. The van der Waals surface area contributed by atoms with Crippen LogP contribution in [-0.2, 0) is 6.42 Å². The number of amides is 1. The molecule has 0 aliphatic heterocycles. The zero-order valence-corrected chi connectivity index (χ0v) is 18.0. The Balaban J connectivity index is 1.65. The fourth-order valence-electron chi connectivity index (χ4n) is 3.42. The van der Waals surface area contributed by atoms with Crippen LogP contribution >= 0.6 is 0 Å². The zero-order chi connectivity index (χ0) is 22.3. The third-order valence-electron chi connectivity index (χ3n) is 5.07. The predicted octanol–water partition coefficient (Wildman–Crippen LogP) is 3.92. The smallest absolute Gasteiger partial charge is 0.272 e. The minimum Gasteiger partial charge on any atom is -0.493 e. The van der Waals surface area contributed by atoms with Gasteiger partial charge in [-0.15, -0.1) is 0 Å². The van der Waals surface area contributed by atoms with E-state index in [1.54, 1.807) is 31.3 Å². The van der Waals surface area contributed by atoms with Crippen molar-refractivity contribution in [3.63, 3.8) is 0 Å². The van der Waals surface area contributed by atoms with Crippen LogP contribution in [0.4, 0.5) is 0 Å². The topological polar surface area (TPSA) is 78.3 Å². The second-order valence-corrected chi connectivity index (χ2v) is 7.11. The summed E-state index contributed by atoms with van der Waals surface area (Å²) < 4.78 is 12.5. The second-order valence-electron chi connectivity index (χ2n) is 7.11. The molecule has 2 heterocycles. The lowest BCUT2D eigenvalue weighted by molar-refractivity contribution is 0.0949. The van der Waals surface area contributed by atoms with Crippen LogP contribution in [-0.4, -0.2) is 41.4 Å². The first kappa shape index (κ1) is 21.1. The maximum absolute atomic E-state index is 13.1. The standard InChI is InChI=1S/C25H24N4O3/c1-31-22-11-10-19(15-23(22)32-2)21-17-29(20-8-4-3-5-9-20)28-24(21)25(30)27-14-12-18-7-6-13-26-16-18/h3-11,13,15-17H,12,14H2,1-2H3,(H,27,30). The molecule has 4 aromatic rings. The monoisotopic (exact) mass is 428 g/mol. The van der Waals surface area contributed by atoms with Gasteiger partial charge in [0.15, 0.2) is 17.2 Å². The number of carbonyl (C=O) groups excluding carboxylic acids is 1. The zero-order valence-electron chi connectivity index (χ0n) is 18.0. The van der Waals surface area contributed by atoms with Crippen LogP contribution in [0.5, 0.6) is 11.5 Å². The van der Waals surface area contributed by atoms with E-state index < -0.39 is 0 Å². The number of hydrogen-bond donors (Lipinski definition) is 1. The van der Waals surface area contributed by atoms with Crippen molar-refractivity contribution < 1.29 is 14.3 Å². The van der Waals surface area contributed by atoms with E-state index in [1.165, 1.54) is 0 Å². The first-order valence-electron chi connectivity index (χ1n) is 10.2. The molecule has 4 rings (SSSR count). The maximum Gasteiger partial charge on any atom is 0.272 e. The molecule has 0 unspecified atom stereocenters. The van der Waals surface area contributed by atoms with E-state index in [0.29, 0.717) is 35.7 Å². The molecule has 0 saturated carbocycles. The summed E-state index contributed by atoms with van der Waals surface area (Å²) in [7, 11) is 3.17. The van der Waals surface area contributed by atoms with Crippen molar-refractivity contribution >= 4 is 5.91 Å². The number of para-hydroxylation sites is 1. The quantitative estimate of drug-likeness (QED) is 0.460. The highest BCUT2D eigenvalue weighted by Gasteiger charge is 2.20. The van der Waals surface area contributed by atoms with Gasteiger partial charge in [0, 0.05) is 30.7 Å². The molecule has 0 bridgehead atoms. The van der Waals surface area contributed by atoms with E-state index in [0.717, 1.165) is 16.8 Å². The van der Waals surface area contributed by atoms with Gasteiger partial charge in [0.1, 0.15) is 0 Å². The number of rotatable bonds is 8. The van der Waals surface area contributed by atoms with Crippen molar-refractivity contribution in [2.75, 3.05) is 20.8 Å². The minimum absolute atomic E-state index is 0.242. The number of ether oxygens (including phenoxy) is 2. The van der Waals surface area contributed by atoms with Gasteiger partial charge in [-0.1, -0.05) is 30.3 Å². The van der Waals surface area contributed by atoms with Gasteiger partial charge in [-0.3, -0.25) is 9.78 Å². The molecule has 7 nitrogen and oxygen atoms in total. The Morgan fingerprint density at radius 2 is 1.81 bits per heavy atom. The van der Waals surface area contributed by atoms with Gasteiger partial charge in [-0.05, 0) is 47.9 Å². The molecule has 162 valence electrons. The van der Waals surface area contributed by atoms with Crippen molar-refractivity contribution in [2.45, 2.75) is 6.42 Å². The number of nitrogens with one attached hydrogen (secondary N) is 1. The molecule has 0 atom stereocenters. The van der Waals surface area contributed by atoms with Crippen LogP contribution < -0.4 is 14.8 Å². The van der Waals surface area contributed by atoms with Crippen LogP contribution in [0.1, 0.15) is 16.1 Å². The van der Waals surface area contributed by atoms with E-state index in [9.17, 15) is 4.79 Å². The van der Waals surface area contributed by atoms with Crippen LogP contribution in [0, 0.1) is 0 Å². The molecular formula is C25H24N4O3. The Bertz CT molecular complexity index is 1190. The summed E-state index contributed by atoms with van der Waals surface area (Å²) in [6, 6.07) is 19.1. The van der Waals surface area contributed by atoms with Crippen molar-refractivity contribution in [1.29, 1.82) is 0 Å². The summed E-state index contributed by atoms with van der Waals surface area (Å²) in [5.41, 5.74) is 3.77. The van der Waals surface area contributed by atoms with E-state index in [4.69, 9.17) is 9.47 Å². The van der Waals surface area contributed by atoms with Crippen molar-refractivity contribution in [3.8, 4) is 28.3 Å². The highest BCUT2D eigenvalue weighted by Crippen LogP contribution is 2.34. The SMILES string of the molecule is COc1ccc(-c2cn(-c3ccccc3)nc2C(=O)NCCc2cccnc2)cc1OC. The average Bonchev–Trinajstić information content (AvgIpc) is 3.30. The molecule has 1 amide bonds. The fraction of sp³-hybridized carbons (Fsp3) is 0.160. The summed E-state index contributed by atoms with van der Waals surface area (Å²) in [6.45, 7) is 0.480. The Morgan fingerprint density at radius 3 is 2.53 bits per heavy atom. The number of carbonyl (C=O) groups is 1. The van der Waals surface area contributed by atoms with E-state index in [2.05, 4.69) is 15.4 Å². The Hall–Kier alpha value is -4.13. The first-order valence-corrected chi connectivity index (χ1v) is 10.2. The number of hydrogen-bond acceptors (Lipinski definition) is 5. The number of benzene rings is 2. The van der Waals surface area contributed by atoms with Gasteiger partial charge in [-0.25, -0.2) is 4.68 Å². The van der Waals surface area contributed by atoms with Gasteiger partial charge in [0.25, 0.3) is 5.91 Å². The second kappa shape index (κ2) is 9.78. The Kier molecular flexibility index (Phi) is 6.46. The summed E-state index contributed by atoms with van der Waals surface area (Å²) in [5, 5.41) is 7.58. The minimum atomic E-state index is -0.242. The molecule has 0 aliphatic carbocycles. The molecule has 7 heteroatoms. The highest BCUT2D eigenvalue weighted by molar-refractivity contribution is 5.99. The van der Waals surface area contributed by atoms with Crippen LogP contribution in [0.3, 0.4) is 0 Å². The van der Waals surface area contributed by atoms with Crippen molar-refractivity contribution in [2.24, 2.45) is 0 Å². The number of nitrogens with zero attached hydrogens (tertiary/aromatic N) is 3. The fourth-order valence-corrected chi connectivity index (χ4v) is 3.42. The normalized spacial score (nSPS) is 10.6. The van der Waals surface area contributed by atoms with Gasteiger partial charge < -0.3 is 14.8 Å². The third-order valence-corrected chi connectivity index (χ3v) is 5.07. The summed E-state index contributed by atoms with van der Waals surface area (Å²) in [5.74, 6) is 0.961. The number of pyridine rings is 1. The summed E-state index contributed by atoms with van der Waals surface area (Å²) in [4.78, 5) is 17.2. The van der Waals surface area contributed by atoms with E-state index >= 15 is 0 Å². The number of methoxy groups -OCH3 is 2. The van der Waals surface area contributed by atoms with Crippen molar-refractivity contribution in [1.82, 2.24) is 20.1 Å². The average molecular weight is 428 g/mol.